The standard InChI is InChI=1S/C28H41Cl2N7O3/c1-3-21-18-36(27-25(30)33-24(26(31)34-27)28(39)32-11-16-38)14-15-37(21)22-8-12-35(13-9-22)23(10-17-40-2)19-4-6-20(29)7-5-19/h4-7,21-23,38H,3,8-18H2,1-2H3,(H2,31,34)(H,32,39)/t21-,23?/m0/s1. The topological polar surface area (TPSA) is 120 Å². The van der Waals surface area contributed by atoms with Crippen molar-refractivity contribution in [2.45, 2.75) is 50.7 Å². The van der Waals surface area contributed by atoms with E-state index in [0.29, 0.717) is 23.9 Å². The zero-order valence-electron chi connectivity index (χ0n) is 23.4. The number of amides is 1. The zero-order valence-corrected chi connectivity index (χ0v) is 24.9. The highest BCUT2D eigenvalue weighted by atomic mass is 35.5. The normalized spacial score (nSPS) is 20.0. The fraction of sp³-hybridized carbons (Fsp3) is 0.607. The van der Waals surface area contributed by atoms with Crippen molar-refractivity contribution in [1.82, 2.24) is 25.1 Å². The minimum Gasteiger partial charge on any atom is -0.395 e. The molecule has 2 atom stereocenters. The molecule has 0 spiro atoms. The number of nitrogens with two attached hydrogens (primary N) is 1. The van der Waals surface area contributed by atoms with E-state index in [1.165, 1.54) is 5.56 Å². The molecule has 4 N–H and O–H groups in total. The highest BCUT2D eigenvalue weighted by Gasteiger charge is 2.35. The Kier molecular flexibility index (Phi) is 11.2. The molecule has 2 aromatic rings. The second-order valence-corrected chi connectivity index (χ2v) is 11.2. The Morgan fingerprint density at radius 3 is 2.55 bits per heavy atom. The summed E-state index contributed by atoms with van der Waals surface area (Å²) in [6.45, 7) is 7.34. The SMILES string of the molecule is CC[C@H]1CN(c2nc(N)c(C(=O)NCCO)nc2Cl)CCN1C1CCN(C(CCOC)c2ccc(Cl)cc2)CC1. The van der Waals surface area contributed by atoms with Crippen LogP contribution in [-0.2, 0) is 4.74 Å². The van der Waals surface area contributed by atoms with Crippen molar-refractivity contribution in [2.24, 2.45) is 0 Å². The molecule has 10 nitrogen and oxygen atoms in total. The summed E-state index contributed by atoms with van der Waals surface area (Å²) < 4.78 is 5.43. The number of hydrogen-bond donors (Lipinski definition) is 3. The number of carbonyl (C=O) groups excluding carboxylic acids is 1. The number of nitrogens with one attached hydrogen (secondary N) is 1. The average Bonchev–Trinajstić information content (AvgIpc) is 2.98. The van der Waals surface area contributed by atoms with Gasteiger partial charge in [-0.3, -0.25) is 14.6 Å². The lowest BCUT2D eigenvalue weighted by Crippen LogP contribution is -2.58. The van der Waals surface area contributed by atoms with E-state index in [1.54, 1.807) is 7.11 Å². The molecule has 3 heterocycles. The maximum Gasteiger partial charge on any atom is 0.273 e. The summed E-state index contributed by atoms with van der Waals surface area (Å²) in [4.78, 5) is 28.4. The Bertz CT molecular complexity index is 1120. The van der Waals surface area contributed by atoms with E-state index >= 15 is 0 Å². The highest BCUT2D eigenvalue weighted by Crippen LogP contribution is 2.33. The van der Waals surface area contributed by atoms with E-state index in [0.717, 1.165) is 70.0 Å². The van der Waals surface area contributed by atoms with Gasteiger partial charge in [0.2, 0.25) is 0 Å². The molecule has 220 valence electrons. The summed E-state index contributed by atoms with van der Waals surface area (Å²) in [6.07, 6.45) is 4.17. The Balaban J connectivity index is 1.39. The molecule has 1 amide bonds. The van der Waals surface area contributed by atoms with Crippen LogP contribution in [0.25, 0.3) is 0 Å². The Morgan fingerprint density at radius 2 is 1.90 bits per heavy atom. The lowest BCUT2D eigenvalue weighted by molar-refractivity contribution is 0.0415. The summed E-state index contributed by atoms with van der Waals surface area (Å²) in [6, 6.07) is 9.39. The van der Waals surface area contributed by atoms with Gasteiger partial charge >= 0.3 is 0 Å². The van der Waals surface area contributed by atoms with E-state index in [9.17, 15) is 4.79 Å². The van der Waals surface area contributed by atoms with Crippen LogP contribution < -0.4 is 16.0 Å². The lowest BCUT2D eigenvalue weighted by Gasteiger charge is -2.48. The van der Waals surface area contributed by atoms with Crippen LogP contribution >= 0.6 is 23.2 Å². The number of halogens is 2. The van der Waals surface area contributed by atoms with E-state index in [-0.39, 0.29) is 29.8 Å². The monoisotopic (exact) mass is 593 g/mol. The molecule has 4 rings (SSSR count). The van der Waals surface area contributed by atoms with Crippen molar-refractivity contribution in [3.63, 3.8) is 0 Å². The number of methoxy groups -OCH3 is 1. The number of carbonyl (C=O) groups is 1. The quantitative estimate of drug-likeness (QED) is 0.360. The Hall–Kier alpha value is -2.21. The fourth-order valence-electron chi connectivity index (χ4n) is 5.95. The van der Waals surface area contributed by atoms with Gasteiger partial charge in [0.25, 0.3) is 5.91 Å². The van der Waals surface area contributed by atoms with Gasteiger partial charge in [-0.05, 0) is 43.4 Å². The fourth-order valence-corrected chi connectivity index (χ4v) is 6.32. The summed E-state index contributed by atoms with van der Waals surface area (Å²) >= 11 is 12.6. The molecule has 2 fully saturated rings. The van der Waals surface area contributed by atoms with Crippen LogP contribution in [0, 0.1) is 0 Å². The minimum atomic E-state index is -0.504. The number of nitrogens with zero attached hydrogens (tertiary/aromatic N) is 5. The van der Waals surface area contributed by atoms with Crippen molar-refractivity contribution in [3.05, 3.63) is 45.7 Å². The van der Waals surface area contributed by atoms with Gasteiger partial charge in [0.1, 0.15) is 0 Å². The number of aliphatic hydroxyl groups is 1. The molecule has 2 aliphatic rings. The van der Waals surface area contributed by atoms with Crippen molar-refractivity contribution in [3.8, 4) is 0 Å². The predicted molar refractivity (Wildman–Crippen MR) is 159 cm³/mol. The number of aromatic nitrogens is 2. The summed E-state index contributed by atoms with van der Waals surface area (Å²) in [7, 11) is 1.76. The molecule has 1 aromatic heterocycles. The van der Waals surface area contributed by atoms with Crippen molar-refractivity contribution in [1.29, 1.82) is 0 Å². The van der Waals surface area contributed by atoms with Crippen LogP contribution in [0.15, 0.2) is 24.3 Å². The number of hydrogen-bond acceptors (Lipinski definition) is 9. The predicted octanol–water partition coefficient (Wildman–Crippen LogP) is 3.23. The Morgan fingerprint density at radius 1 is 1.18 bits per heavy atom. The molecule has 2 saturated heterocycles. The summed E-state index contributed by atoms with van der Waals surface area (Å²) in [5, 5.41) is 12.4. The number of nitrogen functional groups attached to an aromatic ring is 1. The first-order chi connectivity index (χ1) is 19.4. The molecule has 12 heteroatoms. The third-order valence-electron chi connectivity index (χ3n) is 8.03. The average molecular weight is 595 g/mol. The molecular formula is C28H41Cl2N7O3. The van der Waals surface area contributed by atoms with Crippen LogP contribution in [-0.4, -0.2) is 102 Å². The summed E-state index contributed by atoms with van der Waals surface area (Å²) in [5.74, 6) is 0.0340. The number of ether oxygens (including phenoxy) is 1. The molecule has 0 aliphatic carbocycles. The van der Waals surface area contributed by atoms with Gasteiger partial charge in [0, 0.05) is 76.1 Å². The molecule has 2 aliphatic heterocycles. The number of benzene rings is 1. The van der Waals surface area contributed by atoms with Crippen LogP contribution in [0.1, 0.15) is 54.7 Å². The van der Waals surface area contributed by atoms with Gasteiger partial charge in [-0.2, -0.15) is 0 Å². The van der Waals surface area contributed by atoms with E-state index in [2.05, 4.69) is 49.0 Å². The molecule has 1 aromatic carbocycles. The third kappa shape index (κ3) is 7.35. The van der Waals surface area contributed by atoms with Crippen molar-refractivity contribution < 1.29 is 14.6 Å². The first kappa shape index (κ1) is 30.7. The lowest BCUT2D eigenvalue weighted by atomic mass is 9.94. The molecule has 0 saturated carbocycles. The first-order valence-electron chi connectivity index (χ1n) is 14.1. The van der Waals surface area contributed by atoms with Crippen molar-refractivity contribution in [2.75, 3.05) is 70.2 Å². The minimum absolute atomic E-state index is 0.0259. The highest BCUT2D eigenvalue weighted by molar-refractivity contribution is 6.32. The number of anilines is 2. The van der Waals surface area contributed by atoms with Crippen LogP contribution in [0.5, 0.6) is 0 Å². The third-order valence-corrected chi connectivity index (χ3v) is 8.54. The molecular weight excluding hydrogens is 553 g/mol. The molecule has 1 unspecified atom stereocenters. The Labute approximate surface area is 246 Å². The van der Waals surface area contributed by atoms with Gasteiger partial charge in [-0.1, -0.05) is 42.3 Å². The van der Waals surface area contributed by atoms with Crippen LogP contribution in [0.3, 0.4) is 0 Å². The van der Waals surface area contributed by atoms with E-state index in [1.807, 2.05) is 12.1 Å². The molecule has 0 bridgehead atoms. The van der Waals surface area contributed by atoms with Gasteiger partial charge in [-0.15, -0.1) is 0 Å². The van der Waals surface area contributed by atoms with Gasteiger partial charge in [0.05, 0.1) is 6.61 Å². The maximum absolute atomic E-state index is 12.3. The van der Waals surface area contributed by atoms with Gasteiger partial charge in [-0.25, -0.2) is 9.97 Å². The number of piperazine rings is 1. The van der Waals surface area contributed by atoms with E-state index in [4.69, 9.17) is 38.8 Å². The van der Waals surface area contributed by atoms with Crippen LogP contribution in [0.2, 0.25) is 10.2 Å². The molecule has 40 heavy (non-hydrogen) atoms. The van der Waals surface area contributed by atoms with Gasteiger partial charge in [0.15, 0.2) is 22.5 Å². The number of piperidine rings is 1. The van der Waals surface area contributed by atoms with Crippen LogP contribution in [0.4, 0.5) is 11.6 Å². The maximum atomic E-state index is 12.3. The summed E-state index contributed by atoms with van der Waals surface area (Å²) in [5.41, 5.74) is 7.35. The second-order valence-electron chi connectivity index (χ2n) is 10.4. The zero-order chi connectivity index (χ0) is 28.6. The smallest absolute Gasteiger partial charge is 0.273 e. The number of aliphatic hydroxyl groups excluding tert-OH is 1. The van der Waals surface area contributed by atoms with E-state index < -0.39 is 5.91 Å². The molecule has 0 radical (unpaired) electrons. The van der Waals surface area contributed by atoms with Gasteiger partial charge < -0.3 is 25.8 Å². The largest absolute Gasteiger partial charge is 0.395 e. The van der Waals surface area contributed by atoms with Crippen molar-refractivity contribution >= 4 is 40.7 Å². The number of likely N-dealkylation sites (tertiary alicyclic amines) is 1. The number of rotatable bonds is 11. The first-order valence-corrected chi connectivity index (χ1v) is 14.8. The second kappa shape index (κ2) is 14.6.